The molecule has 0 aliphatic heterocycles. The van der Waals surface area contributed by atoms with Gasteiger partial charge in [0.1, 0.15) is 0 Å². The second-order valence-electron chi connectivity index (χ2n) is 4.01. The van der Waals surface area contributed by atoms with Gasteiger partial charge in [0.15, 0.2) is 0 Å². The molecule has 0 heterocycles. The Bertz CT molecular complexity index is 254. The Kier molecular flexibility index (Phi) is 6.05. The molecule has 1 aromatic carbocycles. The van der Waals surface area contributed by atoms with E-state index >= 15 is 0 Å². The van der Waals surface area contributed by atoms with Crippen molar-refractivity contribution in [3.8, 4) is 0 Å². The molecule has 0 spiro atoms. The summed E-state index contributed by atoms with van der Waals surface area (Å²) in [4.78, 5) is 0. The molecule has 2 heteroatoms. The van der Waals surface area contributed by atoms with Crippen LogP contribution >= 0.6 is 0 Å². The van der Waals surface area contributed by atoms with Crippen molar-refractivity contribution in [3.63, 3.8) is 0 Å². The fourth-order valence-corrected chi connectivity index (χ4v) is 1.51. The smallest absolute Gasteiger partial charge is 0.0205 e. The summed E-state index contributed by atoms with van der Waals surface area (Å²) >= 11 is 0. The first-order valence-electron chi connectivity index (χ1n) is 5.79. The van der Waals surface area contributed by atoms with Gasteiger partial charge in [-0.2, -0.15) is 0 Å². The van der Waals surface area contributed by atoms with Crippen LogP contribution in [-0.2, 0) is 6.54 Å². The Morgan fingerprint density at radius 3 is 2.47 bits per heavy atom. The summed E-state index contributed by atoms with van der Waals surface area (Å²) in [6.45, 7) is 5.00. The number of unbranched alkanes of at least 4 members (excludes halogenated alkanes) is 2. The Balaban J connectivity index is 2.07. The van der Waals surface area contributed by atoms with Gasteiger partial charge in [-0.15, -0.1) is 0 Å². The molecule has 0 aromatic heterocycles. The number of aryl methyl sites for hydroxylation is 1. The minimum absolute atomic E-state index is 0.817. The number of rotatable bonds is 7. The lowest BCUT2D eigenvalue weighted by Gasteiger charge is -2.04. The predicted molar refractivity (Wildman–Crippen MR) is 65.8 cm³/mol. The van der Waals surface area contributed by atoms with Crippen LogP contribution in [0.4, 0.5) is 0 Å². The Labute approximate surface area is 92.9 Å². The first-order chi connectivity index (χ1) is 7.33. The maximum absolute atomic E-state index is 5.43. The molecule has 0 radical (unpaired) electrons. The lowest BCUT2D eigenvalue weighted by atomic mass is 10.1. The van der Waals surface area contributed by atoms with Crippen LogP contribution in [-0.4, -0.2) is 13.1 Å². The van der Waals surface area contributed by atoms with Crippen LogP contribution in [0.1, 0.15) is 30.4 Å². The summed E-state index contributed by atoms with van der Waals surface area (Å²) in [5.74, 6) is 0. The SMILES string of the molecule is Cc1ccc(CNCCCCCN)cc1. The number of hydrogen-bond acceptors (Lipinski definition) is 2. The standard InChI is InChI=1S/C13H22N2/c1-12-5-7-13(8-6-12)11-15-10-4-2-3-9-14/h5-8,15H,2-4,9-11,14H2,1H3. The molecular formula is C13H22N2. The van der Waals surface area contributed by atoms with Gasteiger partial charge in [-0.05, 0) is 38.4 Å². The normalized spacial score (nSPS) is 10.5. The average molecular weight is 206 g/mol. The Morgan fingerprint density at radius 2 is 1.80 bits per heavy atom. The van der Waals surface area contributed by atoms with Gasteiger partial charge in [0.2, 0.25) is 0 Å². The zero-order valence-corrected chi connectivity index (χ0v) is 9.63. The maximum Gasteiger partial charge on any atom is 0.0205 e. The van der Waals surface area contributed by atoms with Crippen LogP contribution in [0.5, 0.6) is 0 Å². The summed E-state index contributed by atoms with van der Waals surface area (Å²) in [6.07, 6.45) is 3.60. The van der Waals surface area contributed by atoms with Crippen molar-refractivity contribution >= 4 is 0 Å². The van der Waals surface area contributed by atoms with Gasteiger partial charge >= 0.3 is 0 Å². The van der Waals surface area contributed by atoms with Crippen LogP contribution in [0.3, 0.4) is 0 Å². The molecule has 0 bridgehead atoms. The highest BCUT2D eigenvalue weighted by Gasteiger charge is 1.92. The molecule has 0 amide bonds. The lowest BCUT2D eigenvalue weighted by Crippen LogP contribution is -2.14. The first kappa shape index (κ1) is 12.2. The van der Waals surface area contributed by atoms with E-state index in [2.05, 4.69) is 36.5 Å². The Morgan fingerprint density at radius 1 is 1.07 bits per heavy atom. The van der Waals surface area contributed by atoms with Gasteiger partial charge in [-0.25, -0.2) is 0 Å². The minimum atomic E-state index is 0.817. The van der Waals surface area contributed by atoms with Crippen molar-refractivity contribution in [1.82, 2.24) is 5.32 Å². The second-order valence-corrected chi connectivity index (χ2v) is 4.01. The van der Waals surface area contributed by atoms with Crippen molar-refractivity contribution < 1.29 is 0 Å². The summed E-state index contributed by atoms with van der Waals surface area (Å²) < 4.78 is 0. The summed E-state index contributed by atoms with van der Waals surface area (Å²) in [5, 5.41) is 3.44. The van der Waals surface area contributed by atoms with Gasteiger partial charge < -0.3 is 11.1 Å². The topological polar surface area (TPSA) is 38.0 Å². The fraction of sp³-hybridized carbons (Fsp3) is 0.538. The number of hydrogen-bond donors (Lipinski definition) is 2. The van der Waals surface area contributed by atoms with Gasteiger partial charge in [0, 0.05) is 6.54 Å². The van der Waals surface area contributed by atoms with Gasteiger partial charge in [0.25, 0.3) is 0 Å². The predicted octanol–water partition coefficient (Wildman–Crippen LogP) is 2.21. The average Bonchev–Trinajstić information content (AvgIpc) is 2.26. The minimum Gasteiger partial charge on any atom is -0.330 e. The molecule has 0 fully saturated rings. The highest BCUT2D eigenvalue weighted by atomic mass is 14.8. The van der Waals surface area contributed by atoms with Crippen LogP contribution in [0.15, 0.2) is 24.3 Å². The summed E-state index contributed by atoms with van der Waals surface area (Å²) in [5.41, 5.74) is 8.11. The fourth-order valence-electron chi connectivity index (χ4n) is 1.51. The van der Waals surface area contributed by atoms with Crippen LogP contribution in [0, 0.1) is 6.92 Å². The Hall–Kier alpha value is -0.860. The van der Waals surface area contributed by atoms with Gasteiger partial charge in [-0.3, -0.25) is 0 Å². The van der Waals surface area contributed by atoms with Gasteiger partial charge in [-0.1, -0.05) is 36.2 Å². The van der Waals surface area contributed by atoms with E-state index in [1.165, 1.54) is 24.0 Å². The third kappa shape index (κ3) is 5.55. The molecule has 1 rings (SSSR count). The van der Waals surface area contributed by atoms with Crippen LogP contribution < -0.4 is 11.1 Å². The molecule has 0 aliphatic carbocycles. The number of nitrogens with two attached hydrogens (primary N) is 1. The van der Waals surface area contributed by atoms with E-state index in [1.54, 1.807) is 0 Å². The van der Waals surface area contributed by atoms with Crippen molar-refractivity contribution in [2.45, 2.75) is 32.7 Å². The molecule has 15 heavy (non-hydrogen) atoms. The monoisotopic (exact) mass is 206 g/mol. The molecule has 3 N–H and O–H groups in total. The van der Waals surface area contributed by atoms with Crippen molar-refractivity contribution in [1.29, 1.82) is 0 Å². The van der Waals surface area contributed by atoms with E-state index in [0.717, 1.165) is 26.1 Å². The molecule has 2 nitrogen and oxygen atoms in total. The molecular weight excluding hydrogens is 184 g/mol. The number of benzene rings is 1. The molecule has 0 aliphatic rings. The summed E-state index contributed by atoms with van der Waals surface area (Å²) in [7, 11) is 0. The molecule has 84 valence electrons. The third-order valence-corrected chi connectivity index (χ3v) is 2.51. The maximum atomic E-state index is 5.43. The number of nitrogens with one attached hydrogen (secondary N) is 1. The van der Waals surface area contributed by atoms with Crippen LogP contribution in [0.25, 0.3) is 0 Å². The summed E-state index contributed by atoms with van der Waals surface area (Å²) in [6, 6.07) is 8.68. The first-order valence-corrected chi connectivity index (χ1v) is 5.79. The largest absolute Gasteiger partial charge is 0.330 e. The molecule has 0 saturated heterocycles. The van der Waals surface area contributed by atoms with Crippen LogP contribution in [0.2, 0.25) is 0 Å². The van der Waals surface area contributed by atoms with Crippen molar-refractivity contribution in [2.75, 3.05) is 13.1 Å². The zero-order valence-electron chi connectivity index (χ0n) is 9.63. The molecule has 0 atom stereocenters. The lowest BCUT2D eigenvalue weighted by molar-refractivity contribution is 0.606. The molecule has 0 unspecified atom stereocenters. The third-order valence-electron chi connectivity index (χ3n) is 2.51. The zero-order chi connectivity index (χ0) is 10.9. The molecule has 1 aromatic rings. The molecule has 0 saturated carbocycles. The van der Waals surface area contributed by atoms with Crippen molar-refractivity contribution in [3.05, 3.63) is 35.4 Å². The highest BCUT2D eigenvalue weighted by Crippen LogP contribution is 2.02. The van der Waals surface area contributed by atoms with Gasteiger partial charge in [0.05, 0.1) is 0 Å². The van der Waals surface area contributed by atoms with E-state index in [1.807, 2.05) is 0 Å². The van der Waals surface area contributed by atoms with E-state index in [9.17, 15) is 0 Å². The van der Waals surface area contributed by atoms with E-state index in [-0.39, 0.29) is 0 Å². The van der Waals surface area contributed by atoms with E-state index in [4.69, 9.17) is 5.73 Å². The highest BCUT2D eigenvalue weighted by molar-refractivity contribution is 5.20. The van der Waals surface area contributed by atoms with Crippen molar-refractivity contribution in [2.24, 2.45) is 5.73 Å². The van der Waals surface area contributed by atoms with E-state index in [0.29, 0.717) is 0 Å². The van der Waals surface area contributed by atoms with E-state index < -0.39 is 0 Å². The quantitative estimate of drug-likeness (QED) is 0.671. The second kappa shape index (κ2) is 7.43.